The van der Waals surface area contributed by atoms with Gasteiger partial charge in [-0.25, -0.2) is 0 Å². The number of carbonyl (C=O) groups is 1. The molecule has 0 aromatic heterocycles. The Balaban J connectivity index is 1.48. The second-order valence-corrected chi connectivity index (χ2v) is 6.68. The molecule has 0 spiro atoms. The van der Waals surface area contributed by atoms with E-state index in [1.54, 1.807) is 0 Å². The normalized spacial score (nSPS) is 22.6. The van der Waals surface area contributed by atoms with Crippen LogP contribution in [0.1, 0.15) is 48.0 Å². The van der Waals surface area contributed by atoms with Gasteiger partial charge in [-0.3, -0.25) is 4.79 Å². The van der Waals surface area contributed by atoms with Crippen molar-refractivity contribution >= 4 is 11.6 Å². The van der Waals surface area contributed by atoms with E-state index >= 15 is 0 Å². The Labute approximate surface area is 120 Å². The van der Waals surface area contributed by atoms with Crippen LogP contribution in [0.15, 0.2) is 18.2 Å². The zero-order chi connectivity index (χ0) is 13.6. The Morgan fingerprint density at radius 3 is 2.95 bits per heavy atom. The number of rotatable bonds is 4. The molecule has 3 nitrogen and oxygen atoms in total. The molecular weight excluding hydrogens is 248 g/mol. The molecule has 0 atom stereocenters. The number of benzene rings is 1. The van der Waals surface area contributed by atoms with Crippen molar-refractivity contribution in [3.63, 3.8) is 0 Å². The van der Waals surface area contributed by atoms with Gasteiger partial charge in [0.25, 0.3) is 5.91 Å². The summed E-state index contributed by atoms with van der Waals surface area (Å²) in [6.45, 7) is 1.90. The number of nitrogens with one attached hydrogen (secondary N) is 2. The Kier molecular flexibility index (Phi) is 2.76. The number of amides is 1. The van der Waals surface area contributed by atoms with Crippen LogP contribution in [0.3, 0.4) is 0 Å². The Hall–Kier alpha value is -1.51. The van der Waals surface area contributed by atoms with E-state index in [1.807, 2.05) is 12.1 Å². The summed E-state index contributed by atoms with van der Waals surface area (Å²) in [5.74, 6) is 1.02. The highest BCUT2D eigenvalue weighted by atomic mass is 16.1. The van der Waals surface area contributed by atoms with E-state index in [-0.39, 0.29) is 5.91 Å². The molecule has 0 unspecified atom stereocenters. The maximum atomic E-state index is 12.5. The molecule has 1 aromatic rings. The van der Waals surface area contributed by atoms with Gasteiger partial charge in [0, 0.05) is 24.3 Å². The van der Waals surface area contributed by atoms with Crippen molar-refractivity contribution in [2.75, 3.05) is 18.4 Å². The Morgan fingerprint density at radius 1 is 1.35 bits per heavy atom. The number of anilines is 1. The highest BCUT2D eigenvalue weighted by Gasteiger charge is 2.53. The summed E-state index contributed by atoms with van der Waals surface area (Å²) in [4.78, 5) is 12.5. The molecule has 0 radical (unpaired) electrons. The van der Waals surface area contributed by atoms with E-state index in [2.05, 4.69) is 16.7 Å². The minimum atomic E-state index is 0.123. The first kappa shape index (κ1) is 12.2. The second kappa shape index (κ2) is 4.51. The quantitative estimate of drug-likeness (QED) is 0.883. The average molecular weight is 270 g/mol. The molecular formula is C17H22N2O. The fourth-order valence-corrected chi connectivity index (χ4v) is 3.66. The molecule has 2 fully saturated rings. The maximum absolute atomic E-state index is 12.5. The summed E-state index contributed by atoms with van der Waals surface area (Å²) in [6.07, 6.45) is 7.50. The van der Waals surface area contributed by atoms with Crippen molar-refractivity contribution in [2.45, 2.75) is 38.5 Å². The summed E-state index contributed by atoms with van der Waals surface area (Å²) in [5, 5.41) is 6.60. The first-order chi connectivity index (χ1) is 9.78. The molecule has 3 heteroatoms. The Morgan fingerprint density at radius 2 is 2.20 bits per heavy atom. The number of hydrogen-bond donors (Lipinski definition) is 2. The van der Waals surface area contributed by atoms with Crippen LogP contribution in [0.25, 0.3) is 0 Å². The monoisotopic (exact) mass is 270 g/mol. The highest BCUT2D eigenvalue weighted by molar-refractivity contribution is 5.97. The molecule has 2 saturated carbocycles. The molecule has 1 heterocycles. The number of carbonyl (C=O) groups excluding carboxylic acids is 1. The van der Waals surface area contributed by atoms with Gasteiger partial charge in [0.2, 0.25) is 0 Å². The Bertz CT molecular complexity index is 544. The SMILES string of the molecule is O=C(NCC1(C2CC2)CC1)c1cccc2c1CCCN2. The highest BCUT2D eigenvalue weighted by Crippen LogP contribution is 2.60. The van der Waals surface area contributed by atoms with E-state index < -0.39 is 0 Å². The standard InChI is InChI=1S/C17H22N2O/c20-16(19-11-17(8-9-17)12-6-7-12)14-3-1-5-15-13(14)4-2-10-18-15/h1,3,5,12,18H,2,4,6-11H2,(H,19,20). The summed E-state index contributed by atoms with van der Waals surface area (Å²) in [6, 6.07) is 6.04. The first-order valence-electron chi connectivity index (χ1n) is 7.92. The van der Waals surface area contributed by atoms with Crippen LogP contribution in [0, 0.1) is 11.3 Å². The fourth-order valence-electron chi connectivity index (χ4n) is 3.66. The third kappa shape index (κ3) is 2.09. The maximum Gasteiger partial charge on any atom is 0.251 e. The number of hydrogen-bond acceptors (Lipinski definition) is 2. The van der Waals surface area contributed by atoms with Crippen LogP contribution in [0.5, 0.6) is 0 Å². The van der Waals surface area contributed by atoms with Gasteiger partial charge in [-0.2, -0.15) is 0 Å². The van der Waals surface area contributed by atoms with Gasteiger partial charge in [0.15, 0.2) is 0 Å². The van der Waals surface area contributed by atoms with Gasteiger partial charge in [-0.05, 0) is 67.6 Å². The van der Waals surface area contributed by atoms with Crippen molar-refractivity contribution < 1.29 is 4.79 Å². The van der Waals surface area contributed by atoms with Crippen molar-refractivity contribution in [3.05, 3.63) is 29.3 Å². The minimum Gasteiger partial charge on any atom is -0.385 e. The van der Waals surface area contributed by atoms with Gasteiger partial charge in [0.1, 0.15) is 0 Å². The molecule has 4 rings (SSSR count). The largest absolute Gasteiger partial charge is 0.385 e. The molecule has 106 valence electrons. The summed E-state index contributed by atoms with van der Waals surface area (Å²) < 4.78 is 0. The number of fused-ring (bicyclic) bond motifs is 1. The molecule has 2 N–H and O–H groups in total. The molecule has 1 aromatic carbocycles. The van der Waals surface area contributed by atoms with E-state index in [9.17, 15) is 4.79 Å². The second-order valence-electron chi connectivity index (χ2n) is 6.68. The smallest absolute Gasteiger partial charge is 0.251 e. The third-order valence-electron chi connectivity index (χ3n) is 5.28. The lowest BCUT2D eigenvalue weighted by Gasteiger charge is -2.21. The first-order valence-corrected chi connectivity index (χ1v) is 7.92. The predicted octanol–water partition coefficient (Wildman–Crippen LogP) is 2.96. The van der Waals surface area contributed by atoms with Crippen LogP contribution in [0.4, 0.5) is 5.69 Å². The fraction of sp³-hybridized carbons (Fsp3) is 0.588. The molecule has 1 aliphatic heterocycles. The van der Waals surface area contributed by atoms with Crippen LogP contribution in [-0.2, 0) is 6.42 Å². The van der Waals surface area contributed by atoms with Crippen LogP contribution in [-0.4, -0.2) is 19.0 Å². The van der Waals surface area contributed by atoms with E-state index in [1.165, 1.54) is 31.2 Å². The zero-order valence-electron chi connectivity index (χ0n) is 11.9. The minimum absolute atomic E-state index is 0.123. The van der Waals surface area contributed by atoms with Gasteiger partial charge >= 0.3 is 0 Å². The molecule has 20 heavy (non-hydrogen) atoms. The van der Waals surface area contributed by atoms with Crippen LogP contribution < -0.4 is 10.6 Å². The van der Waals surface area contributed by atoms with Crippen LogP contribution in [0.2, 0.25) is 0 Å². The molecule has 0 bridgehead atoms. The van der Waals surface area contributed by atoms with Crippen molar-refractivity contribution in [3.8, 4) is 0 Å². The molecule has 0 saturated heterocycles. The van der Waals surface area contributed by atoms with Gasteiger partial charge in [-0.15, -0.1) is 0 Å². The lowest BCUT2D eigenvalue weighted by molar-refractivity contribution is 0.0941. The topological polar surface area (TPSA) is 41.1 Å². The van der Waals surface area contributed by atoms with Gasteiger partial charge in [0.05, 0.1) is 0 Å². The lowest BCUT2D eigenvalue weighted by atomic mass is 9.96. The van der Waals surface area contributed by atoms with E-state index in [0.29, 0.717) is 5.41 Å². The van der Waals surface area contributed by atoms with Gasteiger partial charge in [-0.1, -0.05) is 6.07 Å². The lowest BCUT2D eigenvalue weighted by Crippen LogP contribution is -2.32. The summed E-state index contributed by atoms with van der Waals surface area (Å²) >= 11 is 0. The summed E-state index contributed by atoms with van der Waals surface area (Å²) in [5.41, 5.74) is 3.70. The predicted molar refractivity (Wildman–Crippen MR) is 80.0 cm³/mol. The third-order valence-corrected chi connectivity index (χ3v) is 5.28. The molecule has 2 aliphatic carbocycles. The molecule has 3 aliphatic rings. The van der Waals surface area contributed by atoms with Crippen molar-refractivity contribution in [1.29, 1.82) is 0 Å². The molecule has 1 amide bonds. The van der Waals surface area contributed by atoms with E-state index in [4.69, 9.17) is 0 Å². The van der Waals surface area contributed by atoms with Crippen molar-refractivity contribution in [1.82, 2.24) is 5.32 Å². The van der Waals surface area contributed by atoms with Crippen LogP contribution >= 0.6 is 0 Å². The summed E-state index contributed by atoms with van der Waals surface area (Å²) in [7, 11) is 0. The zero-order valence-corrected chi connectivity index (χ0v) is 11.9. The average Bonchev–Trinajstić information content (AvgIpc) is 3.37. The van der Waals surface area contributed by atoms with Crippen molar-refractivity contribution in [2.24, 2.45) is 11.3 Å². The van der Waals surface area contributed by atoms with Gasteiger partial charge < -0.3 is 10.6 Å². The van der Waals surface area contributed by atoms with E-state index in [0.717, 1.165) is 43.1 Å².